The summed E-state index contributed by atoms with van der Waals surface area (Å²) in [5.41, 5.74) is -1.48. The van der Waals surface area contributed by atoms with Gasteiger partial charge in [-0.2, -0.15) is 0 Å². The molecule has 6 nitrogen and oxygen atoms in total. The molecule has 0 atom stereocenters. The summed E-state index contributed by atoms with van der Waals surface area (Å²) < 4.78 is 5.58. The zero-order chi connectivity index (χ0) is 14.8. The Kier molecular flexibility index (Phi) is 4.75. The van der Waals surface area contributed by atoms with Crippen LogP contribution in [0.4, 0.5) is 5.69 Å². The number of ether oxygens (including phenoxy) is 1. The maximum Gasteiger partial charge on any atom is 0.313 e. The third-order valence-corrected chi connectivity index (χ3v) is 3.15. The van der Waals surface area contributed by atoms with E-state index >= 15 is 0 Å². The molecule has 19 heavy (non-hydrogen) atoms. The van der Waals surface area contributed by atoms with Crippen LogP contribution >= 0.6 is 27.5 Å². The van der Waals surface area contributed by atoms with E-state index in [1.54, 1.807) is 0 Å². The van der Waals surface area contributed by atoms with Crippen molar-refractivity contribution in [2.45, 2.75) is 13.8 Å². The van der Waals surface area contributed by atoms with E-state index in [9.17, 15) is 14.9 Å². The molecule has 0 aliphatic rings. The van der Waals surface area contributed by atoms with Crippen molar-refractivity contribution in [3.8, 4) is 5.75 Å². The molecule has 1 aromatic rings. The van der Waals surface area contributed by atoms with Gasteiger partial charge in [0, 0.05) is 11.1 Å². The number of nitrogens with zero attached hydrogens (tertiary/aromatic N) is 1. The van der Waals surface area contributed by atoms with Gasteiger partial charge in [0.05, 0.1) is 14.8 Å². The largest absolute Gasteiger partial charge is 0.485 e. The van der Waals surface area contributed by atoms with Crippen LogP contribution in [0.3, 0.4) is 0 Å². The van der Waals surface area contributed by atoms with Gasteiger partial charge >= 0.3 is 11.7 Å². The predicted octanol–water partition coefficient (Wildman–Crippen LogP) is 3.50. The van der Waals surface area contributed by atoms with E-state index in [2.05, 4.69) is 15.9 Å². The summed E-state index contributed by atoms with van der Waals surface area (Å²) in [5.74, 6) is -1.09. The highest BCUT2D eigenvalue weighted by Gasteiger charge is 2.30. The van der Waals surface area contributed by atoms with Gasteiger partial charge in [-0.25, -0.2) is 0 Å². The number of rotatable bonds is 5. The molecule has 0 fully saturated rings. The lowest BCUT2D eigenvalue weighted by Gasteiger charge is -2.20. The highest BCUT2D eigenvalue weighted by molar-refractivity contribution is 9.10. The number of hydrogen-bond acceptors (Lipinski definition) is 4. The maximum atomic E-state index is 11.0. The molecule has 0 saturated carbocycles. The summed E-state index contributed by atoms with van der Waals surface area (Å²) in [4.78, 5) is 21.2. The smallest absolute Gasteiger partial charge is 0.313 e. The van der Waals surface area contributed by atoms with Gasteiger partial charge in [-0.3, -0.25) is 14.9 Å². The van der Waals surface area contributed by atoms with Crippen LogP contribution in [0.1, 0.15) is 13.8 Å². The third kappa shape index (κ3) is 3.81. The number of halogens is 2. The Morgan fingerprint density at radius 3 is 2.63 bits per heavy atom. The Morgan fingerprint density at radius 2 is 2.16 bits per heavy atom. The van der Waals surface area contributed by atoms with Gasteiger partial charge in [-0.15, -0.1) is 0 Å². The summed E-state index contributed by atoms with van der Waals surface area (Å²) >= 11 is 8.83. The van der Waals surface area contributed by atoms with Crippen LogP contribution in [-0.4, -0.2) is 22.6 Å². The quantitative estimate of drug-likeness (QED) is 0.647. The van der Waals surface area contributed by atoms with E-state index in [0.29, 0.717) is 4.47 Å². The van der Waals surface area contributed by atoms with Crippen LogP contribution in [0.15, 0.2) is 16.6 Å². The first-order chi connectivity index (χ1) is 8.65. The summed E-state index contributed by atoms with van der Waals surface area (Å²) in [5, 5.41) is 20.1. The van der Waals surface area contributed by atoms with Crippen molar-refractivity contribution in [2.24, 2.45) is 5.41 Å². The fourth-order valence-electron chi connectivity index (χ4n) is 1.14. The molecule has 0 heterocycles. The first-order valence-corrected chi connectivity index (χ1v) is 6.32. The van der Waals surface area contributed by atoms with E-state index in [-0.39, 0.29) is 23.1 Å². The van der Waals surface area contributed by atoms with Gasteiger partial charge in [0.1, 0.15) is 6.61 Å². The molecule has 0 bridgehead atoms. The van der Waals surface area contributed by atoms with E-state index in [1.165, 1.54) is 19.9 Å². The van der Waals surface area contributed by atoms with Gasteiger partial charge in [0.2, 0.25) is 5.75 Å². The highest BCUT2D eigenvalue weighted by Crippen LogP contribution is 2.38. The van der Waals surface area contributed by atoms with E-state index in [4.69, 9.17) is 21.4 Å². The minimum atomic E-state index is -1.16. The van der Waals surface area contributed by atoms with Gasteiger partial charge in [-0.05, 0) is 35.8 Å². The lowest BCUT2D eigenvalue weighted by molar-refractivity contribution is -0.386. The number of carboxylic acids is 1. The Balaban J connectivity index is 3.08. The summed E-state index contributed by atoms with van der Waals surface area (Å²) in [6.07, 6.45) is 0. The third-order valence-electron chi connectivity index (χ3n) is 2.34. The topological polar surface area (TPSA) is 89.7 Å². The Labute approximate surface area is 122 Å². The van der Waals surface area contributed by atoms with Gasteiger partial charge in [0.15, 0.2) is 0 Å². The zero-order valence-electron chi connectivity index (χ0n) is 10.1. The van der Waals surface area contributed by atoms with Crippen molar-refractivity contribution in [3.63, 3.8) is 0 Å². The number of carbonyl (C=O) groups is 1. The van der Waals surface area contributed by atoms with E-state index in [0.717, 1.165) is 6.07 Å². The molecule has 0 aliphatic heterocycles. The van der Waals surface area contributed by atoms with E-state index < -0.39 is 16.3 Å². The molecule has 0 aromatic heterocycles. The number of nitro groups is 1. The number of carboxylic acid groups (broad SMARTS) is 1. The molecule has 104 valence electrons. The Hall–Kier alpha value is -1.34. The molecule has 0 unspecified atom stereocenters. The highest BCUT2D eigenvalue weighted by atomic mass is 79.9. The van der Waals surface area contributed by atoms with Crippen LogP contribution in [0.25, 0.3) is 0 Å². The molecule has 0 saturated heterocycles. The van der Waals surface area contributed by atoms with Crippen LogP contribution in [0, 0.1) is 15.5 Å². The standard InChI is InChI=1S/C11H11BrClNO5/c1-11(2,10(15)16)5-19-9-7(12)3-6(13)4-8(9)14(17)18/h3-4H,5H2,1-2H3,(H,15,16). The van der Waals surface area contributed by atoms with Crippen molar-refractivity contribution in [1.82, 2.24) is 0 Å². The fraction of sp³-hybridized carbons (Fsp3) is 0.364. The lowest BCUT2D eigenvalue weighted by atomic mass is 9.95. The second kappa shape index (κ2) is 5.75. The average molecular weight is 353 g/mol. The van der Waals surface area contributed by atoms with Crippen LogP contribution in [-0.2, 0) is 4.79 Å². The summed E-state index contributed by atoms with van der Waals surface area (Å²) in [6.45, 7) is 2.72. The average Bonchev–Trinajstić information content (AvgIpc) is 2.26. The molecule has 1 N–H and O–H groups in total. The Bertz CT molecular complexity index is 532. The number of nitro benzene ring substituents is 1. The first kappa shape index (κ1) is 15.7. The fourth-order valence-corrected chi connectivity index (χ4v) is 2.05. The van der Waals surface area contributed by atoms with Gasteiger partial charge in [0.25, 0.3) is 0 Å². The van der Waals surface area contributed by atoms with Crippen molar-refractivity contribution < 1.29 is 19.6 Å². The molecular weight excluding hydrogens is 341 g/mol. The number of hydrogen-bond donors (Lipinski definition) is 1. The molecule has 0 aliphatic carbocycles. The van der Waals surface area contributed by atoms with Gasteiger partial charge < -0.3 is 9.84 Å². The second-order valence-corrected chi connectivity index (χ2v) is 5.76. The zero-order valence-corrected chi connectivity index (χ0v) is 12.5. The molecule has 1 rings (SSSR count). The number of aliphatic carboxylic acids is 1. The Morgan fingerprint density at radius 1 is 1.58 bits per heavy atom. The number of benzene rings is 1. The van der Waals surface area contributed by atoms with Crippen molar-refractivity contribution in [1.29, 1.82) is 0 Å². The minimum absolute atomic E-state index is 0.0382. The van der Waals surface area contributed by atoms with Crippen molar-refractivity contribution in [2.75, 3.05) is 6.61 Å². The van der Waals surface area contributed by atoms with Crippen LogP contribution in [0.2, 0.25) is 5.02 Å². The summed E-state index contributed by atoms with van der Waals surface area (Å²) in [6, 6.07) is 2.59. The molecule has 1 aromatic carbocycles. The normalized spacial score (nSPS) is 11.2. The molecule has 8 heteroatoms. The molecular formula is C11H11BrClNO5. The monoisotopic (exact) mass is 351 g/mol. The van der Waals surface area contributed by atoms with E-state index in [1.807, 2.05) is 0 Å². The van der Waals surface area contributed by atoms with Gasteiger partial charge in [-0.1, -0.05) is 11.6 Å². The van der Waals surface area contributed by atoms with Crippen molar-refractivity contribution >= 4 is 39.2 Å². The lowest BCUT2D eigenvalue weighted by Crippen LogP contribution is -2.30. The first-order valence-electron chi connectivity index (χ1n) is 5.15. The van der Waals surface area contributed by atoms with Crippen LogP contribution in [0.5, 0.6) is 5.75 Å². The maximum absolute atomic E-state index is 11.0. The minimum Gasteiger partial charge on any atom is -0.485 e. The molecule has 0 radical (unpaired) electrons. The second-order valence-electron chi connectivity index (χ2n) is 4.47. The predicted molar refractivity (Wildman–Crippen MR) is 72.7 cm³/mol. The molecule has 0 spiro atoms. The van der Waals surface area contributed by atoms with Crippen molar-refractivity contribution in [3.05, 3.63) is 31.7 Å². The SMILES string of the molecule is CC(C)(COc1c(Br)cc(Cl)cc1[N+](=O)[O-])C(=O)O. The van der Waals surface area contributed by atoms with Crippen LogP contribution < -0.4 is 4.74 Å². The molecule has 0 amide bonds. The summed E-state index contributed by atoms with van der Waals surface area (Å²) in [7, 11) is 0.